The van der Waals surface area contributed by atoms with Gasteiger partial charge in [0, 0.05) is 10.6 Å². The Bertz CT molecular complexity index is 378. The molecule has 0 radical (unpaired) electrons. The second-order valence-electron chi connectivity index (χ2n) is 3.28. The molecule has 1 aliphatic rings. The maximum Gasteiger partial charge on any atom is 0.307 e. The molecule has 1 atom stereocenters. The Kier molecular flexibility index (Phi) is 2.46. The lowest BCUT2D eigenvalue weighted by atomic mass is 10.0. The van der Waals surface area contributed by atoms with Gasteiger partial charge in [0.25, 0.3) is 0 Å². The Morgan fingerprint density at radius 2 is 2.36 bits per heavy atom. The van der Waals surface area contributed by atoms with E-state index in [9.17, 15) is 9.18 Å². The fourth-order valence-corrected chi connectivity index (χ4v) is 2.71. The molecule has 0 fully saturated rings. The zero-order valence-electron chi connectivity index (χ0n) is 7.37. The number of hydrogen-bond donors (Lipinski definition) is 1. The first-order chi connectivity index (χ1) is 6.68. The van der Waals surface area contributed by atoms with Gasteiger partial charge in [0.15, 0.2) is 0 Å². The average molecular weight is 212 g/mol. The maximum atomic E-state index is 13.2. The normalized spacial score (nSPS) is 20.2. The van der Waals surface area contributed by atoms with Crippen LogP contribution in [0.5, 0.6) is 0 Å². The Labute approximate surface area is 85.1 Å². The summed E-state index contributed by atoms with van der Waals surface area (Å²) in [7, 11) is 0. The monoisotopic (exact) mass is 212 g/mol. The summed E-state index contributed by atoms with van der Waals surface area (Å²) < 4.78 is 13.2. The Hall–Kier alpha value is -1.03. The van der Waals surface area contributed by atoms with E-state index in [-0.39, 0.29) is 11.7 Å². The largest absolute Gasteiger partial charge is 0.481 e. The van der Waals surface area contributed by atoms with Gasteiger partial charge >= 0.3 is 5.97 Å². The van der Waals surface area contributed by atoms with Gasteiger partial charge in [-0.3, -0.25) is 4.79 Å². The minimum atomic E-state index is -0.799. The number of halogens is 1. The molecule has 2 rings (SSSR count). The van der Waals surface area contributed by atoms with Gasteiger partial charge in [0.1, 0.15) is 5.82 Å². The van der Waals surface area contributed by atoms with Crippen molar-refractivity contribution in [3.8, 4) is 0 Å². The molecule has 0 aromatic heterocycles. The number of carboxylic acid groups (broad SMARTS) is 1. The summed E-state index contributed by atoms with van der Waals surface area (Å²) in [6.45, 7) is 0. The molecule has 1 aromatic carbocycles. The molecule has 0 saturated heterocycles. The molecule has 0 bridgehead atoms. The number of hydrogen-bond acceptors (Lipinski definition) is 2. The third-order valence-corrected chi connectivity index (χ3v) is 3.61. The molecule has 1 aromatic rings. The van der Waals surface area contributed by atoms with E-state index in [1.165, 1.54) is 17.8 Å². The smallest absolute Gasteiger partial charge is 0.307 e. The molecule has 4 heteroatoms. The van der Waals surface area contributed by atoms with Gasteiger partial charge in [-0.05, 0) is 18.1 Å². The van der Waals surface area contributed by atoms with Gasteiger partial charge in [-0.1, -0.05) is 12.1 Å². The van der Waals surface area contributed by atoms with Gasteiger partial charge < -0.3 is 5.11 Å². The van der Waals surface area contributed by atoms with Crippen LogP contribution in [0, 0.1) is 11.7 Å². The summed E-state index contributed by atoms with van der Waals surface area (Å²) in [5, 5.41) is 8.83. The van der Waals surface area contributed by atoms with Crippen molar-refractivity contribution < 1.29 is 14.3 Å². The summed E-state index contributed by atoms with van der Waals surface area (Å²) in [5.74, 6) is -0.957. The molecule has 1 unspecified atom stereocenters. The zero-order valence-corrected chi connectivity index (χ0v) is 8.18. The van der Waals surface area contributed by atoms with E-state index in [1.54, 1.807) is 12.1 Å². The average Bonchev–Trinajstić information content (AvgIpc) is 2.17. The maximum absolute atomic E-state index is 13.2. The van der Waals surface area contributed by atoms with E-state index >= 15 is 0 Å². The van der Waals surface area contributed by atoms with Crippen LogP contribution in [0.4, 0.5) is 4.39 Å². The lowest BCUT2D eigenvalue weighted by Crippen LogP contribution is -2.22. The predicted molar refractivity (Wildman–Crippen MR) is 52.0 cm³/mol. The van der Waals surface area contributed by atoms with Crippen LogP contribution in [0.2, 0.25) is 0 Å². The van der Waals surface area contributed by atoms with Gasteiger partial charge in [-0.15, -0.1) is 11.8 Å². The highest BCUT2D eigenvalue weighted by Crippen LogP contribution is 2.34. The van der Waals surface area contributed by atoms with Crippen molar-refractivity contribution >= 4 is 17.7 Å². The van der Waals surface area contributed by atoms with Crippen LogP contribution in [0.15, 0.2) is 23.1 Å². The van der Waals surface area contributed by atoms with Crippen molar-refractivity contribution in [2.75, 3.05) is 5.75 Å². The van der Waals surface area contributed by atoms with Crippen molar-refractivity contribution in [2.24, 2.45) is 5.92 Å². The van der Waals surface area contributed by atoms with Crippen molar-refractivity contribution in [1.82, 2.24) is 0 Å². The zero-order chi connectivity index (χ0) is 10.1. The van der Waals surface area contributed by atoms with Crippen molar-refractivity contribution in [2.45, 2.75) is 11.3 Å². The van der Waals surface area contributed by atoms with E-state index in [0.717, 1.165) is 5.56 Å². The number of aliphatic carboxylic acids is 1. The van der Waals surface area contributed by atoms with Crippen molar-refractivity contribution in [1.29, 1.82) is 0 Å². The SMILES string of the molecule is O=C(O)C1CSc2c(F)cccc2C1. The highest BCUT2D eigenvalue weighted by molar-refractivity contribution is 7.99. The second-order valence-corrected chi connectivity index (χ2v) is 4.31. The molecular formula is C10H9FO2S. The topological polar surface area (TPSA) is 37.3 Å². The highest BCUT2D eigenvalue weighted by atomic mass is 32.2. The standard InChI is InChI=1S/C10H9FO2S/c11-8-3-1-2-6-4-7(10(12)13)5-14-9(6)8/h1-3,7H,4-5H2,(H,12,13). The first-order valence-electron chi connectivity index (χ1n) is 4.31. The summed E-state index contributed by atoms with van der Waals surface area (Å²) in [6.07, 6.45) is 0.440. The number of thioether (sulfide) groups is 1. The molecule has 74 valence electrons. The van der Waals surface area contributed by atoms with Crippen molar-refractivity contribution in [3.63, 3.8) is 0 Å². The molecule has 1 heterocycles. The van der Waals surface area contributed by atoms with Gasteiger partial charge in [0.05, 0.1) is 5.92 Å². The van der Waals surface area contributed by atoms with E-state index in [2.05, 4.69) is 0 Å². The first-order valence-corrected chi connectivity index (χ1v) is 5.30. The Balaban J connectivity index is 2.31. The summed E-state index contributed by atoms with van der Waals surface area (Å²) in [4.78, 5) is 11.4. The second kappa shape index (κ2) is 3.61. The van der Waals surface area contributed by atoms with Crippen LogP contribution >= 0.6 is 11.8 Å². The van der Waals surface area contributed by atoms with Crippen LogP contribution in [-0.2, 0) is 11.2 Å². The number of carbonyl (C=O) groups is 1. The third-order valence-electron chi connectivity index (χ3n) is 2.29. The van der Waals surface area contributed by atoms with Crippen LogP contribution in [0.1, 0.15) is 5.56 Å². The first kappa shape index (κ1) is 9.52. The lowest BCUT2D eigenvalue weighted by molar-refractivity contribution is -0.140. The van der Waals surface area contributed by atoms with Gasteiger partial charge in [-0.25, -0.2) is 4.39 Å². The van der Waals surface area contributed by atoms with E-state index in [4.69, 9.17) is 5.11 Å². The van der Waals surface area contributed by atoms with Crippen LogP contribution in [0.3, 0.4) is 0 Å². The molecule has 0 saturated carbocycles. The number of rotatable bonds is 1. The molecule has 14 heavy (non-hydrogen) atoms. The summed E-state index contributed by atoms with van der Waals surface area (Å²) >= 11 is 1.30. The number of benzene rings is 1. The number of carboxylic acids is 1. The number of fused-ring (bicyclic) bond motifs is 1. The fourth-order valence-electron chi connectivity index (χ4n) is 1.54. The Morgan fingerprint density at radius 3 is 3.07 bits per heavy atom. The molecule has 1 aliphatic heterocycles. The third kappa shape index (κ3) is 1.62. The molecular weight excluding hydrogens is 203 g/mol. The van der Waals surface area contributed by atoms with Gasteiger partial charge in [0.2, 0.25) is 0 Å². The summed E-state index contributed by atoms with van der Waals surface area (Å²) in [5.41, 5.74) is 0.814. The molecule has 2 nitrogen and oxygen atoms in total. The van der Waals surface area contributed by atoms with Crippen LogP contribution < -0.4 is 0 Å². The predicted octanol–water partition coefficient (Wildman–Crippen LogP) is 2.17. The lowest BCUT2D eigenvalue weighted by Gasteiger charge is -2.20. The molecule has 0 aliphatic carbocycles. The minimum Gasteiger partial charge on any atom is -0.481 e. The summed E-state index contributed by atoms with van der Waals surface area (Å²) in [6, 6.07) is 4.83. The highest BCUT2D eigenvalue weighted by Gasteiger charge is 2.26. The fraction of sp³-hybridized carbons (Fsp3) is 0.300. The molecule has 0 spiro atoms. The van der Waals surface area contributed by atoms with Crippen LogP contribution in [0.25, 0.3) is 0 Å². The molecule has 1 N–H and O–H groups in total. The minimum absolute atomic E-state index is 0.240. The van der Waals surface area contributed by atoms with E-state index in [0.29, 0.717) is 17.1 Å². The quantitative estimate of drug-likeness (QED) is 0.775. The van der Waals surface area contributed by atoms with E-state index in [1.807, 2.05) is 0 Å². The van der Waals surface area contributed by atoms with Crippen LogP contribution in [-0.4, -0.2) is 16.8 Å². The van der Waals surface area contributed by atoms with E-state index < -0.39 is 5.97 Å². The van der Waals surface area contributed by atoms with Crippen molar-refractivity contribution in [3.05, 3.63) is 29.6 Å². The van der Waals surface area contributed by atoms with Gasteiger partial charge in [-0.2, -0.15) is 0 Å². The molecule has 0 amide bonds. The Morgan fingerprint density at radius 1 is 1.57 bits per heavy atom.